The second kappa shape index (κ2) is 14.4. The molecule has 3 N–H and O–H groups in total. The van der Waals surface area contributed by atoms with Crippen molar-refractivity contribution < 1.29 is 34.1 Å². The lowest BCUT2D eigenvalue weighted by Crippen LogP contribution is -2.57. The number of ether oxygens (including phenoxy) is 1. The average Bonchev–Trinajstić information content (AvgIpc) is 3.31. The number of fused-ring (bicyclic) bond motifs is 5. The number of quaternary nitrogens is 1. The molecule has 8 heteroatoms. The second-order valence-corrected chi connectivity index (χ2v) is 18.5. The van der Waals surface area contributed by atoms with Crippen molar-refractivity contribution in [3.05, 3.63) is 11.6 Å². The maximum absolute atomic E-state index is 12.8. The number of nitrogens with zero attached hydrogens (tertiary/aromatic N) is 2. The molecule has 47 heavy (non-hydrogen) atoms. The molecule has 0 bridgehead atoms. The van der Waals surface area contributed by atoms with Gasteiger partial charge in [-0.2, -0.15) is 0 Å². The number of carboxylic acids is 2. The summed E-state index contributed by atoms with van der Waals surface area (Å²) in [7, 11) is 8.22. The quantitative estimate of drug-likeness (QED) is 0.0924. The lowest BCUT2D eigenvalue weighted by atomic mass is 9.46. The van der Waals surface area contributed by atoms with Crippen LogP contribution in [0.5, 0.6) is 0 Å². The molecule has 8 nitrogen and oxygen atoms in total. The fraction of sp³-hybridized carbons (Fsp3) is 0.897. The Bertz CT molecular complexity index is 1150. The van der Waals surface area contributed by atoms with Gasteiger partial charge in [0.2, 0.25) is 0 Å². The number of likely N-dealkylation sites (N-methyl/N-ethyl adjacent to an activating group) is 2. The van der Waals surface area contributed by atoms with Crippen LogP contribution in [0, 0.1) is 46.3 Å². The maximum atomic E-state index is 12.8. The van der Waals surface area contributed by atoms with E-state index in [1.165, 1.54) is 50.5 Å². The third kappa shape index (κ3) is 8.46. The number of hydrogen-bond acceptors (Lipinski definition) is 5. The van der Waals surface area contributed by atoms with Gasteiger partial charge in [0.25, 0.3) is 0 Å². The van der Waals surface area contributed by atoms with Gasteiger partial charge in [-0.25, -0.2) is 4.79 Å². The standard InChI is InChI=1S/C39H68N2O6/c1-27(2)11-10-12-28(3)31-15-16-32-30-14-13-29-25-39(46,20-19-36(29,4)33(30)17-18-37(31,32)5)47-38(35(44)45,26-34(42)43)21-22-40(6)23-24-41(7,8)9/h13,27-28,30-33,46H,10-12,14-26H2,1-9H3,(H-,42,43,44,45)/p+1/t28-,30?,31-,32?,33?,36+,37-,38?,39?/m1/s1. The van der Waals surface area contributed by atoms with Crippen molar-refractivity contribution in [2.24, 2.45) is 46.3 Å². The number of aliphatic hydroxyl groups is 1. The molecule has 0 aliphatic heterocycles. The summed E-state index contributed by atoms with van der Waals surface area (Å²) >= 11 is 0. The summed E-state index contributed by atoms with van der Waals surface area (Å²) in [6.07, 6.45) is 13.1. The molecule has 3 saturated carbocycles. The zero-order chi connectivity index (χ0) is 35.0. The Morgan fingerprint density at radius 1 is 1.02 bits per heavy atom. The molecule has 0 radical (unpaired) electrons. The topological polar surface area (TPSA) is 107 Å². The van der Waals surface area contributed by atoms with Gasteiger partial charge >= 0.3 is 11.9 Å². The summed E-state index contributed by atoms with van der Waals surface area (Å²) in [5, 5.41) is 32.2. The molecule has 9 atom stereocenters. The SMILES string of the molecule is CC(C)CCC[C@@H](C)[C@H]1CCC2C3CC=C4CC(O)(OC(CCN(C)CC[N+](C)(C)C)(CC(=O)O)C(=O)O)CC[C@]4(C)C3CC[C@@]21C. The first-order valence-corrected chi connectivity index (χ1v) is 18.8. The molecular formula is C39H69N2O6+. The van der Waals surface area contributed by atoms with Crippen LogP contribution in [-0.2, 0) is 14.3 Å². The molecule has 0 aromatic rings. The number of carbonyl (C=O) groups is 2. The van der Waals surface area contributed by atoms with Crippen molar-refractivity contribution in [3.63, 3.8) is 0 Å². The molecule has 4 aliphatic rings. The first kappa shape index (κ1) is 38.3. The van der Waals surface area contributed by atoms with Crippen LogP contribution in [-0.4, -0.2) is 95.9 Å². The minimum atomic E-state index is -2.01. The number of allylic oxidation sites excluding steroid dienone is 1. The van der Waals surface area contributed by atoms with Crippen LogP contribution in [0.3, 0.4) is 0 Å². The fourth-order valence-corrected chi connectivity index (χ4v) is 10.7. The zero-order valence-corrected chi connectivity index (χ0v) is 31.3. The molecule has 0 saturated heterocycles. The molecule has 0 aromatic carbocycles. The Labute approximate surface area is 285 Å². The molecular weight excluding hydrogens is 592 g/mol. The molecule has 4 aliphatic carbocycles. The molecule has 270 valence electrons. The van der Waals surface area contributed by atoms with E-state index in [1.807, 2.05) is 11.9 Å². The summed E-state index contributed by atoms with van der Waals surface area (Å²) in [4.78, 5) is 26.8. The summed E-state index contributed by atoms with van der Waals surface area (Å²) in [5.74, 6) is 0.00997. The smallest absolute Gasteiger partial charge is 0.336 e. The zero-order valence-electron chi connectivity index (χ0n) is 31.3. The predicted octanol–water partition coefficient (Wildman–Crippen LogP) is 7.06. The van der Waals surface area contributed by atoms with E-state index in [4.69, 9.17) is 4.74 Å². The molecule has 0 amide bonds. The Morgan fingerprint density at radius 2 is 1.72 bits per heavy atom. The van der Waals surface area contributed by atoms with E-state index in [0.29, 0.717) is 30.2 Å². The highest BCUT2D eigenvalue weighted by atomic mass is 16.7. The van der Waals surface area contributed by atoms with Gasteiger partial charge in [-0.3, -0.25) is 4.79 Å². The summed E-state index contributed by atoms with van der Waals surface area (Å²) in [5.41, 5.74) is -0.475. The number of hydrogen-bond donors (Lipinski definition) is 3. The highest BCUT2D eigenvalue weighted by Crippen LogP contribution is 2.68. The Balaban J connectivity index is 1.49. The van der Waals surface area contributed by atoms with Crippen LogP contribution in [0.15, 0.2) is 11.6 Å². The Morgan fingerprint density at radius 3 is 2.34 bits per heavy atom. The van der Waals surface area contributed by atoms with Crippen LogP contribution in [0.4, 0.5) is 0 Å². The van der Waals surface area contributed by atoms with E-state index < -0.39 is 29.7 Å². The van der Waals surface area contributed by atoms with E-state index >= 15 is 0 Å². The fourth-order valence-electron chi connectivity index (χ4n) is 10.7. The summed E-state index contributed by atoms with van der Waals surface area (Å²) in [6, 6.07) is 0. The van der Waals surface area contributed by atoms with Gasteiger partial charge in [0, 0.05) is 32.4 Å². The van der Waals surface area contributed by atoms with E-state index in [1.54, 1.807) is 0 Å². The normalized spacial score (nSPS) is 35.9. The predicted molar refractivity (Wildman–Crippen MR) is 187 cm³/mol. The lowest BCUT2D eigenvalue weighted by Gasteiger charge is -2.59. The molecule has 4 rings (SSSR count). The van der Waals surface area contributed by atoms with Gasteiger partial charge in [-0.1, -0.05) is 65.5 Å². The van der Waals surface area contributed by atoms with Gasteiger partial charge in [0.05, 0.1) is 34.1 Å². The van der Waals surface area contributed by atoms with Gasteiger partial charge < -0.3 is 29.4 Å². The van der Waals surface area contributed by atoms with E-state index in [9.17, 15) is 24.9 Å². The van der Waals surface area contributed by atoms with Gasteiger partial charge in [0.15, 0.2) is 11.4 Å². The molecule has 0 spiro atoms. The number of carboxylic acid groups (broad SMARTS) is 2. The van der Waals surface area contributed by atoms with Crippen molar-refractivity contribution >= 4 is 11.9 Å². The van der Waals surface area contributed by atoms with Crippen molar-refractivity contribution in [2.45, 2.75) is 129 Å². The highest BCUT2D eigenvalue weighted by Gasteiger charge is 2.61. The van der Waals surface area contributed by atoms with Crippen LogP contribution in [0.25, 0.3) is 0 Å². The molecule has 0 aromatic heterocycles. The first-order valence-electron chi connectivity index (χ1n) is 18.8. The second-order valence-electron chi connectivity index (χ2n) is 18.5. The van der Waals surface area contributed by atoms with Crippen molar-refractivity contribution in [1.29, 1.82) is 0 Å². The first-order chi connectivity index (χ1) is 21.7. The van der Waals surface area contributed by atoms with Crippen molar-refractivity contribution in [2.75, 3.05) is 47.8 Å². The third-order valence-corrected chi connectivity index (χ3v) is 13.6. The maximum Gasteiger partial charge on any atom is 0.336 e. The minimum Gasteiger partial charge on any atom is -0.481 e. The molecule has 0 heterocycles. The Hall–Kier alpha value is -1.48. The van der Waals surface area contributed by atoms with Crippen LogP contribution in [0.2, 0.25) is 0 Å². The van der Waals surface area contributed by atoms with Gasteiger partial charge in [-0.05, 0) is 91.9 Å². The molecule has 3 fully saturated rings. The molecule has 5 unspecified atom stereocenters. The van der Waals surface area contributed by atoms with Gasteiger partial charge in [-0.15, -0.1) is 0 Å². The largest absolute Gasteiger partial charge is 0.481 e. The van der Waals surface area contributed by atoms with Crippen molar-refractivity contribution in [3.8, 4) is 0 Å². The summed E-state index contributed by atoms with van der Waals surface area (Å²) in [6.45, 7) is 14.1. The van der Waals surface area contributed by atoms with Crippen LogP contribution in [0.1, 0.15) is 118 Å². The highest BCUT2D eigenvalue weighted by molar-refractivity contribution is 5.84. The monoisotopic (exact) mass is 662 g/mol. The number of aliphatic carboxylic acids is 2. The average molecular weight is 662 g/mol. The van der Waals surface area contributed by atoms with E-state index in [-0.39, 0.29) is 18.3 Å². The summed E-state index contributed by atoms with van der Waals surface area (Å²) < 4.78 is 7.01. The van der Waals surface area contributed by atoms with Crippen LogP contribution >= 0.6 is 0 Å². The van der Waals surface area contributed by atoms with Crippen LogP contribution < -0.4 is 0 Å². The van der Waals surface area contributed by atoms with E-state index in [2.05, 4.69) is 61.8 Å². The lowest BCUT2D eigenvalue weighted by molar-refractivity contribution is -0.869. The Kier molecular flexibility index (Phi) is 11.7. The minimum absolute atomic E-state index is 0.0110. The van der Waals surface area contributed by atoms with Crippen molar-refractivity contribution in [1.82, 2.24) is 4.90 Å². The third-order valence-electron chi connectivity index (χ3n) is 13.6. The van der Waals surface area contributed by atoms with Gasteiger partial charge in [0.1, 0.15) is 0 Å². The van der Waals surface area contributed by atoms with E-state index in [0.717, 1.165) is 54.1 Å². The number of rotatable bonds is 16.